The van der Waals surface area contributed by atoms with Crippen LogP contribution in [0, 0.1) is 0 Å². The van der Waals surface area contributed by atoms with E-state index in [0.717, 1.165) is 18.0 Å². The highest BCUT2D eigenvalue weighted by atomic mass is 32.2. The fourth-order valence-corrected chi connectivity index (χ4v) is 5.27. The van der Waals surface area contributed by atoms with Crippen LogP contribution in [-0.2, 0) is 0 Å². The molecular formula is C14H17N3O2S2. The highest BCUT2D eigenvalue weighted by Crippen LogP contribution is 2.43. The molecule has 7 heteroatoms. The summed E-state index contributed by atoms with van der Waals surface area (Å²) in [7, 11) is 0. The molecule has 2 heterocycles. The first-order valence-corrected chi connectivity index (χ1v) is 8.94. The van der Waals surface area contributed by atoms with Crippen LogP contribution in [0.5, 0.6) is 5.75 Å². The Morgan fingerprint density at radius 3 is 2.95 bits per heavy atom. The van der Waals surface area contributed by atoms with Crippen molar-refractivity contribution in [1.82, 2.24) is 10.1 Å². The van der Waals surface area contributed by atoms with Crippen molar-refractivity contribution in [2.45, 2.75) is 23.8 Å². The number of hydrogen-bond acceptors (Lipinski definition) is 7. The molecule has 1 aromatic carbocycles. The van der Waals surface area contributed by atoms with Gasteiger partial charge in [-0.15, -0.1) is 11.8 Å². The van der Waals surface area contributed by atoms with Gasteiger partial charge >= 0.3 is 0 Å². The number of hydrogen-bond donors (Lipinski definition) is 2. The van der Waals surface area contributed by atoms with E-state index in [2.05, 4.69) is 17.1 Å². The van der Waals surface area contributed by atoms with Crippen LogP contribution in [0.25, 0.3) is 11.5 Å². The van der Waals surface area contributed by atoms with Crippen LogP contribution in [0.2, 0.25) is 0 Å². The largest absolute Gasteiger partial charge is 0.506 e. The van der Waals surface area contributed by atoms with E-state index in [9.17, 15) is 5.11 Å². The first kappa shape index (κ1) is 14.6. The average Bonchev–Trinajstić information content (AvgIpc) is 2.99. The lowest BCUT2D eigenvalue weighted by atomic mass is 10.2. The summed E-state index contributed by atoms with van der Waals surface area (Å²) in [5.41, 5.74) is 6.62. The molecule has 3 rings (SSSR count). The molecule has 0 amide bonds. The minimum absolute atomic E-state index is 0.0290. The zero-order chi connectivity index (χ0) is 14.8. The molecule has 1 saturated heterocycles. The highest BCUT2D eigenvalue weighted by molar-refractivity contribution is 8.06. The zero-order valence-corrected chi connectivity index (χ0v) is 13.3. The van der Waals surface area contributed by atoms with Gasteiger partial charge in [0.15, 0.2) is 5.82 Å². The molecule has 1 fully saturated rings. The smallest absolute Gasteiger partial charge is 0.258 e. The van der Waals surface area contributed by atoms with Crippen molar-refractivity contribution in [3.8, 4) is 17.2 Å². The van der Waals surface area contributed by atoms with E-state index in [0.29, 0.717) is 22.4 Å². The summed E-state index contributed by atoms with van der Waals surface area (Å²) < 4.78 is 5.36. The maximum absolute atomic E-state index is 9.67. The summed E-state index contributed by atoms with van der Waals surface area (Å²) in [5.74, 6) is 3.48. The molecule has 112 valence electrons. The third-order valence-corrected chi connectivity index (χ3v) is 6.67. The van der Waals surface area contributed by atoms with Crippen molar-refractivity contribution >= 4 is 29.2 Å². The Labute approximate surface area is 131 Å². The van der Waals surface area contributed by atoms with Crippen molar-refractivity contribution in [2.24, 2.45) is 0 Å². The van der Waals surface area contributed by atoms with Gasteiger partial charge < -0.3 is 15.4 Å². The van der Waals surface area contributed by atoms with Crippen molar-refractivity contribution < 1.29 is 9.63 Å². The number of benzene rings is 1. The summed E-state index contributed by atoms with van der Waals surface area (Å²) in [6.45, 7) is 2.19. The number of thioether (sulfide) groups is 2. The zero-order valence-electron chi connectivity index (χ0n) is 11.7. The fourth-order valence-electron chi connectivity index (χ4n) is 2.29. The summed E-state index contributed by atoms with van der Waals surface area (Å²) in [6.07, 6.45) is 1.09. The van der Waals surface area contributed by atoms with Gasteiger partial charge in [0.1, 0.15) is 5.75 Å². The lowest BCUT2D eigenvalue weighted by Gasteiger charge is -2.27. The van der Waals surface area contributed by atoms with Gasteiger partial charge in [0.05, 0.1) is 10.9 Å². The van der Waals surface area contributed by atoms with E-state index in [4.69, 9.17) is 10.3 Å². The van der Waals surface area contributed by atoms with Crippen LogP contribution in [-0.4, -0.2) is 32.0 Å². The molecular weight excluding hydrogens is 306 g/mol. The highest BCUT2D eigenvalue weighted by Gasteiger charge is 2.30. The normalized spacial score (nSPS) is 22.3. The van der Waals surface area contributed by atoms with Crippen LogP contribution in [0.3, 0.4) is 0 Å². The number of phenolic OH excluding ortho intramolecular Hbond substituents is 1. The van der Waals surface area contributed by atoms with Gasteiger partial charge in [0.2, 0.25) is 0 Å². The number of nitrogens with zero attached hydrogens (tertiary/aromatic N) is 2. The van der Waals surface area contributed by atoms with E-state index in [1.807, 2.05) is 23.5 Å². The number of nitrogen functional groups attached to an aromatic ring is 1. The third-order valence-electron chi connectivity index (χ3n) is 3.43. The van der Waals surface area contributed by atoms with Crippen molar-refractivity contribution in [3.63, 3.8) is 0 Å². The standard InChI is InChI=1S/C14H17N3O2S2/c1-2-11-12(21-6-5-20-11)13-16-14(19-17-13)8-3-4-9(15)10(18)7-8/h3-4,7,11-12,18H,2,5-6,15H2,1H3. The maximum Gasteiger partial charge on any atom is 0.258 e. The molecule has 0 aliphatic carbocycles. The second-order valence-corrected chi connectivity index (χ2v) is 7.44. The van der Waals surface area contributed by atoms with Crippen LogP contribution in [0.4, 0.5) is 5.69 Å². The van der Waals surface area contributed by atoms with Gasteiger partial charge in [-0.1, -0.05) is 12.1 Å². The minimum Gasteiger partial charge on any atom is -0.506 e. The molecule has 1 aliphatic rings. The van der Waals surface area contributed by atoms with Gasteiger partial charge in [-0.2, -0.15) is 16.7 Å². The monoisotopic (exact) mass is 323 g/mol. The van der Waals surface area contributed by atoms with Crippen LogP contribution in [0.15, 0.2) is 22.7 Å². The van der Waals surface area contributed by atoms with Crippen LogP contribution >= 0.6 is 23.5 Å². The van der Waals surface area contributed by atoms with E-state index in [1.54, 1.807) is 18.2 Å². The van der Waals surface area contributed by atoms with E-state index in [-0.39, 0.29) is 11.0 Å². The fraction of sp³-hybridized carbons (Fsp3) is 0.429. The lowest BCUT2D eigenvalue weighted by molar-refractivity contribution is 0.420. The SMILES string of the molecule is CCC1SCCSC1c1noc(-c2ccc(N)c(O)c2)n1. The molecule has 0 spiro atoms. The van der Waals surface area contributed by atoms with Gasteiger partial charge in [0, 0.05) is 22.3 Å². The Morgan fingerprint density at radius 2 is 2.19 bits per heavy atom. The number of rotatable bonds is 3. The quantitative estimate of drug-likeness (QED) is 0.662. The Morgan fingerprint density at radius 1 is 1.38 bits per heavy atom. The molecule has 2 atom stereocenters. The molecule has 0 radical (unpaired) electrons. The molecule has 2 aromatic rings. The number of aromatic hydroxyl groups is 1. The Balaban J connectivity index is 1.86. The van der Waals surface area contributed by atoms with Crippen LogP contribution < -0.4 is 5.73 Å². The molecule has 0 saturated carbocycles. The molecule has 1 aromatic heterocycles. The Kier molecular flexibility index (Phi) is 4.30. The number of anilines is 1. The minimum atomic E-state index is 0.0290. The number of aromatic nitrogens is 2. The maximum atomic E-state index is 9.67. The van der Waals surface area contributed by atoms with Crippen LogP contribution in [0.1, 0.15) is 24.4 Å². The molecule has 3 N–H and O–H groups in total. The predicted octanol–water partition coefficient (Wildman–Crippen LogP) is 3.32. The van der Waals surface area contributed by atoms with E-state index < -0.39 is 0 Å². The number of nitrogens with two attached hydrogens (primary N) is 1. The van der Waals surface area contributed by atoms with Gasteiger partial charge in [0.25, 0.3) is 5.89 Å². The summed E-state index contributed by atoms with van der Waals surface area (Å²) >= 11 is 3.86. The molecule has 1 aliphatic heterocycles. The van der Waals surface area contributed by atoms with Crippen molar-refractivity contribution in [2.75, 3.05) is 17.2 Å². The Hall–Kier alpha value is -1.34. The topological polar surface area (TPSA) is 85.2 Å². The second kappa shape index (κ2) is 6.19. The van der Waals surface area contributed by atoms with Crippen molar-refractivity contribution in [3.05, 3.63) is 24.0 Å². The molecule has 5 nitrogen and oxygen atoms in total. The van der Waals surface area contributed by atoms with E-state index >= 15 is 0 Å². The van der Waals surface area contributed by atoms with Crippen molar-refractivity contribution in [1.29, 1.82) is 0 Å². The number of phenols is 1. The predicted molar refractivity (Wildman–Crippen MR) is 87.5 cm³/mol. The first-order valence-electron chi connectivity index (χ1n) is 6.84. The second-order valence-electron chi connectivity index (χ2n) is 4.84. The summed E-state index contributed by atoms with van der Waals surface area (Å²) in [5, 5.41) is 14.6. The molecule has 0 bridgehead atoms. The van der Waals surface area contributed by atoms with E-state index in [1.165, 1.54) is 5.75 Å². The summed E-state index contributed by atoms with van der Waals surface area (Å²) in [4.78, 5) is 4.51. The Bertz CT molecular complexity index is 632. The van der Waals surface area contributed by atoms with Gasteiger partial charge in [-0.05, 0) is 24.6 Å². The molecule has 21 heavy (non-hydrogen) atoms. The first-order chi connectivity index (χ1) is 10.2. The summed E-state index contributed by atoms with van der Waals surface area (Å²) in [6, 6.07) is 4.95. The molecule has 2 unspecified atom stereocenters. The lowest BCUT2D eigenvalue weighted by Crippen LogP contribution is -2.19. The third kappa shape index (κ3) is 2.98. The van der Waals surface area contributed by atoms with Gasteiger partial charge in [-0.3, -0.25) is 0 Å². The average molecular weight is 323 g/mol. The van der Waals surface area contributed by atoms with Gasteiger partial charge in [-0.25, -0.2) is 0 Å².